The number of methoxy groups -OCH3 is 1. The van der Waals surface area contributed by atoms with Gasteiger partial charge < -0.3 is 19.8 Å². The largest absolute Gasteiger partial charge is 0.497 e. The van der Waals surface area contributed by atoms with E-state index in [9.17, 15) is 0 Å². The number of hydrogen-bond acceptors (Lipinski definition) is 4. The van der Waals surface area contributed by atoms with Crippen molar-refractivity contribution >= 4 is 0 Å². The van der Waals surface area contributed by atoms with Crippen molar-refractivity contribution in [2.45, 2.75) is 38.5 Å². The number of imidazole rings is 1. The minimum atomic E-state index is -0.0840. The SMILES string of the molecule is COc1ccc(C(C)N)c(OCc2cncn2C2CC2)c1. The fourth-order valence-corrected chi connectivity index (χ4v) is 2.42. The normalized spacial score (nSPS) is 15.8. The molecule has 0 bridgehead atoms. The van der Waals surface area contributed by atoms with Crippen molar-refractivity contribution in [3.8, 4) is 11.5 Å². The number of nitrogens with two attached hydrogens (primary N) is 1. The average Bonchev–Trinajstić information content (AvgIpc) is 3.23. The van der Waals surface area contributed by atoms with Crippen molar-refractivity contribution in [2.24, 2.45) is 5.73 Å². The van der Waals surface area contributed by atoms with Gasteiger partial charge in [-0.15, -0.1) is 0 Å². The molecule has 0 amide bonds. The summed E-state index contributed by atoms with van der Waals surface area (Å²) >= 11 is 0. The summed E-state index contributed by atoms with van der Waals surface area (Å²) in [4.78, 5) is 4.22. The molecule has 1 saturated carbocycles. The molecule has 0 saturated heterocycles. The molecule has 0 radical (unpaired) electrons. The molecule has 2 aromatic rings. The molecule has 1 aromatic carbocycles. The molecule has 5 nitrogen and oxygen atoms in total. The van der Waals surface area contributed by atoms with E-state index in [-0.39, 0.29) is 6.04 Å². The molecule has 1 unspecified atom stereocenters. The summed E-state index contributed by atoms with van der Waals surface area (Å²) in [6.45, 7) is 2.44. The van der Waals surface area contributed by atoms with Gasteiger partial charge in [0, 0.05) is 23.7 Å². The smallest absolute Gasteiger partial charge is 0.130 e. The molecule has 5 heteroatoms. The zero-order valence-electron chi connectivity index (χ0n) is 12.5. The van der Waals surface area contributed by atoms with Crippen molar-refractivity contribution in [3.05, 3.63) is 42.0 Å². The van der Waals surface area contributed by atoms with Crippen molar-refractivity contribution < 1.29 is 9.47 Å². The minimum absolute atomic E-state index is 0.0840. The molecular formula is C16H21N3O2. The molecule has 21 heavy (non-hydrogen) atoms. The second-order valence-electron chi connectivity index (χ2n) is 5.50. The molecule has 1 atom stereocenters. The van der Waals surface area contributed by atoms with Gasteiger partial charge >= 0.3 is 0 Å². The van der Waals surface area contributed by atoms with Gasteiger partial charge in [-0.3, -0.25) is 0 Å². The lowest BCUT2D eigenvalue weighted by Crippen LogP contribution is -2.09. The Morgan fingerprint density at radius 3 is 2.90 bits per heavy atom. The van der Waals surface area contributed by atoms with Crippen molar-refractivity contribution in [1.82, 2.24) is 9.55 Å². The van der Waals surface area contributed by atoms with E-state index in [1.165, 1.54) is 12.8 Å². The van der Waals surface area contributed by atoms with E-state index >= 15 is 0 Å². The zero-order chi connectivity index (χ0) is 14.8. The molecule has 1 heterocycles. The van der Waals surface area contributed by atoms with Gasteiger partial charge in [-0.2, -0.15) is 0 Å². The topological polar surface area (TPSA) is 62.3 Å². The summed E-state index contributed by atoms with van der Waals surface area (Å²) in [6, 6.07) is 6.26. The fraction of sp³-hybridized carbons (Fsp3) is 0.438. The number of ether oxygens (including phenoxy) is 2. The lowest BCUT2D eigenvalue weighted by Gasteiger charge is -2.16. The van der Waals surface area contributed by atoms with Crippen molar-refractivity contribution in [2.75, 3.05) is 7.11 Å². The Morgan fingerprint density at radius 1 is 1.43 bits per heavy atom. The quantitative estimate of drug-likeness (QED) is 0.887. The second kappa shape index (κ2) is 5.77. The first-order valence-corrected chi connectivity index (χ1v) is 7.26. The van der Waals surface area contributed by atoms with Crippen LogP contribution in [0.1, 0.15) is 43.1 Å². The highest BCUT2D eigenvalue weighted by atomic mass is 16.5. The molecule has 1 aliphatic rings. The highest BCUT2D eigenvalue weighted by Gasteiger charge is 2.25. The summed E-state index contributed by atoms with van der Waals surface area (Å²) < 4.78 is 13.4. The number of rotatable bonds is 6. The van der Waals surface area contributed by atoms with Crippen LogP contribution in [0.3, 0.4) is 0 Å². The Labute approximate surface area is 124 Å². The third-order valence-corrected chi connectivity index (χ3v) is 3.77. The lowest BCUT2D eigenvalue weighted by atomic mass is 10.1. The van der Waals surface area contributed by atoms with Crippen LogP contribution in [-0.2, 0) is 6.61 Å². The number of hydrogen-bond donors (Lipinski definition) is 1. The minimum Gasteiger partial charge on any atom is -0.497 e. The van der Waals surface area contributed by atoms with Crippen LogP contribution in [-0.4, -0.2) is 16.7 Å². The summed E-state index contributed by atoms with van der Waals surface area (Å²) in [6.07, 6.45) is 6.21. The first-order chi connectivity index (χ1) is 10.2. The van der Waals surface area contributed by atoms with Gasteiger partial charge in [0.25, 0.3) is 0 Å². The van der Waals surface area contributed by atoms with E-state index in [1.54, 1.807) is 7.11 Å². The highest BCUT2D eigenvalue weighted by molar-refractivity contribution is 5.42. The second-order valence-corrected chi connectivity index (χ2v) is 5.50. The predicted octanol–water partition coefficient (Wildman–Crippen LogP) is 2.83. The molecule has 0 spiro atoms. The first kappa shape index (κ1) is 13.9. The Kier molecular flexibility index (Phi) is 3.84. The number of aromatic nitrogens is 2. The maximum absolute atomic E-state index is 6.00. The van der Waals surface area contributed by atoms with Crippen LogP contribution >= 0.6 is 0 Å². The zero-order valence-corrected chi connectivity index (χ0v) is 12.5. The number of nitrogens with zero attached hydrogens (tertiary/aromatic N) is 2. The van der Waals surface area contributed by atoms with E-state index < -0.39 is 0 Å². The Morgan fingerprint density at radius 2 is 2.24 bits per heavy atom. The van der Waals surface area contributed by atoms with Gasteiger partial charge in [0.05, 0.1) is 25.3 Å². The molecular weight excluding hydrogens is 266 g/mol. The van der Waals surface area contributed by atoms with Crippen LogP contribution in [0.25, 0.3) is 0 Å². The monoisotopic (exact) mass is 287 g/mol. The van der Waals surface area contributed by atoms with Gasteiger partial charge in [0.1, 0.15) is 18.1 Å². The fourth-order valence-electron chi connectivity index (χ4n) is 2.42. The van der Waals surface area contributed by atoms with E-state index in [2.05, 4.69) is 9.55 Å². The first-order valence-electron chi connectivity index (χ1n) is 7.26. The van der Waals surface area contributed by atoms with E-state index in [4.69, 9.17) is 15.2 Å². The summed E-state index contributed by atoms with van der Waals surface area (Å²) in [7, 11) is 1.65. The van der Waals surface area contributed by atoms with Gasteiger partial charge in [-0.05, 0) is 25.8 Å². The molecule has 1 aliphatic carbocycles. The van der Waals surface area contributed by atoms with Crippen molar-refractivity contribution in [3.63, 3.8) is 0 Å². The molecule has 3 rings (SSSR count). The van der Waals surface area contributed by atoms with Gasteiger partial charge in [-0.25, -0.2) is 4.98 Å². The highest BCUT2D eigenvalue weighted by Crippen LogP contribution is 2.36. The average molecular weight is 287 g/mol. The molecule has 112 valence electrons. The lowest BCUT2D eigenvalue weighted by molar-refractivity contribution is 0.288. The van der Waals surface area contributed by atoms with Gasteiger partial charge in [0.15, 0.2) is 0 Å². The van der Waals surface area contributed by atoms with Crippen LogP contribution in [0, 0.1) is 0 Å². The Balaban J connectivity index is 1.78. The number of benzene rings is 1. The van der Waals surface area contributed by atoms with E-state index in [0.717, 1.165) is 22.8 Å². The van der Waals surface area contributed by atoms with Crippen LogP contribution < -0.4 is 15.2 Å². The summed E-state index contributed by atoms with van der Waals surface area (Å²) in [5.74, 6) is 1.54. The van der Waals surface area contributed by atoms with Crippen molar-refractivity contribution in [1.29, 1.82) is 0 Å². The maximum Gasteiger partial charge on any atom is 0.130 e. The molecule has 1 fully saturated rings. The third-order valence-electron chi connectivity index (χ3n) is 3.77. The van der Waals surface area contributed by atoms with Crippen LogP contribution in [0.2, 0.25) is 0 Å². The van der Waals surface area contributed by atoms with E-state index in [1.807, 2.05) is 37.6 Å². The predicted molar refractivity (Wildman–Crippen MR) is 80.4 cm³/mol. The van der Waals surface area contributed by atoms with Crippen LogP contribution in [0.15, 0.2) is 30.7 Å². The van der Waals surface area contributed by atoms with Gasteiger partial charge in [0.2, 0.25) is 0 Å². The Bertz CT molecular complexity index is 618. The van der Waals surface area contributed by atoms with E-state index in [0.29, 0.717) is 12.6 Å². The summed E-state index contributed by atoms with van der Waals surface area (Å²) in [5.41, 5.74) is 8.08. The maximum atomic E-state index is 6.00. The summed E-state index contributed by atoms with van der Waals surface area (Å²) in [5, 5.41) is 0. The van der Waals surface area contributed by atoms with Crippen LogP contribution in [0.4, 0.5) is 0 Å². The molecule has 1 aromatic heterocycles. The Hall–Kier alpha value is -2.01. The molecule has 0 aliphatic heterocycles. The standard InChI is InChI=1S/C16H21N3O2/c1-11(17)15-6-5-14(20-2)7-16(15)21-9-13-8-18-10-19(13)12-3-4-12/h5-8,10-12H,3-4,9,17H2,1-2H3. The van der Waals surface area contributed by atoms with Crippen LogP contribution in [0.5, 0.6) is 11.5 Å². The third kappa shape index (κ3) is 3.03. The van der Waals surface area contributed by atoms with Gasteiger partial charge in [-0.1, -0.05) is 6.07 Å². The molecule has 2 N–H and O–H groups in total.